The fraction of sp³-hybridized carbons (Fsp3) is 0.867. The number of hydrogen-bond donors (Lipinski definition) is 1. The molecule has 0 aromatic heterocycles. The van der Waals surface area contributed by atoms with Gasteiger partial charge >= 0.3 is 0 Å². The Kier molecular flexibility index (Phi) is 4.26. The number of ether oxygens (including phenoxy) is 1. The van der Waals surface area contributed by atoms with E-state index in [0.717, 1.165) is 5.92 Å². The predicted octanol–water partition coefficient (Wildman–Crippen LogP) is 3.14. The summed E-state index contributed by atoms with van der Waals surface area (Å²) < 4.78 is 5.80. The van der Waals surface area contributed by atoms with Gasteiger partial charge in [0.25, 0.3) is 0 Å². The molecule has 4 atom stereocenters. The molecule has 0 aromatic rings. The van der Waals surface area contributed by atoms with Crippen LogP contribution in [0.15, 0.2) is 12.2 Å². The lowest BCUT2D eigenvalue weighted by Crippen LogP contribution is -2.61. The van der Waals surface area contributed by atoms with Gasteiger partial charge in [-0.05, 0) is 38.6 Å². The number of likely N-dealkylation sites (N-methyl/N-ethyl adjacent to an activating group) is 1. The fourth-order valence-electron chi connectivity index (χ4n) is 3.98. The molecular weight excluding hydrogens is 210 g/mol. The van der Waals surface area contributed by atoms with Crippen molar-refractivity contribution in [3.05, 3.63) is 12.2 Å². The molecule has 3 unspecified atom stereocenters. The van der Waals surface area contributed by atoms with Gasteiger partial charge in [0.2, 0.25) is 0 Å². The third-order valence-electron chi connectivity index (χ3n) is 4.97. The molecule has 0 bridgehead atoms. The molecule has 2 rings (SSSR count). The van der Waals surface area contributed by atoms with Crippen LogP contribution in [0.4, 0.5) is 0 Å². The Balaban J connectivity index is 2.26. The maximum Gasteiger partial charge on any atom is 0.0758 e. The SMILES string of the molecule is CNC1([C@@H]2C=CCCC2C)CCCCC1OC. The summed E-state index contributed by atoms with van der Waals surface area (Å²) in [5, 5.41) is 3.64. The van der Waals surface area contributed by atoms with Gasteiger partial charge in [0.1, 0.15) is 0 Å². The van der Waals surface area contributed by atoms with Crippen LogP contribution in [0.5, 0.6) is 0 Å². The van der Waals surface area contributed by atoms with Crippen molar-refractivity contribution in [3.8, 4) is 0 Å². The van der Waals surface area contributed by atoms with E-state index in [2.05, 4.69) is 31.4 Å². The number of rotatable bonds is 3. The van der Waals surface area contributed by atoms with Gasteiger partial charge in [-0.25, -0.2) is 0 Å². The van der Waals surface area contributed by atoms with Gasteiger partial charge in [0.15, 0.2) is 0 Å². The van der Waals surface area contributed by atoms with Gasteiger partial charge in [-0.3, -0.25) is 0 Å². The lowest BCUT2D eigenvalue weighted by atomic mass is 9.64. The Hall–Kier alpha value is -0.340. The van der Waals surface area contributed by atoms with Crippen LogP contribution in [-0.2, 0) is 4.74 Å². The van der Waals surface area contributed by atoms with E-state index in [1.165, 1.54) is 38.5 Å². The normalized spacial score (nSPS) is 42.6. The van der Waals surface area contributed by atoms with Crippen molar-refractivity contribution < 1.29 is 4.74 Å². The molecule has 2 heteroatoms. The molecule has 2 nitrogen and oxygen atoms in total. The molecule has 0 saturated heterocycles. The van der Waals surface area contributed by atoms with E-state index in [0.29, 0.717) is 12.0 Å². The molecule has 1 saturated carbocycles. The third kappa shape index (κ3) is 2.30. The first kappa shape index (κ1) is 13.1. The maximum absolute atomic E-state index is 5.80. The first-order chi connectivity index (χ1) is 8.24. The van der Waals surface area contributed by atoms with Crippen molar-refractivity contribution in [3.63, 3.8) is 0 Å². The van der Waals surface area contributed by atoms with Crippen LogP contribution in [0.25, 0.3) is 0 Å². The van der Waals surface area contributed by atoms with Crippen molar-refractivity contribution in [1.82, 2.24) is 5.32 Å². The zero-order chi connectivity index (χ0) is 12.3. The number of methoxy groups -OCH3 is 1. The molecule has 2 aliphatic carbocycles. The minimum absolute atomic E-state index is 0.170. The van der Waals surface area contributed by atoms with E-state index in [1.807, 2.05) is 7.11 Å². The average Bonchev–Trinajstić information content (AvgIpc) is 2.39. The first-order valence-electron chi connectivity index (χ1n) is 7.13. The molecule has 0 aromatic carbocycles. The summed E-state index contributed by atoms with van der Waals surface area (Å²) in [7, 11) is 3.99. The second kappa shape index (κ2) is 5.53. The lowest BCUT2D eigenvalue weighted by molar-refractivity contribution is -0.0404. The highest BCUT2D eigenvalue weighted by atomic mass is 16.5. The smallest absolute Gasteiger partial charge is 0.0758 e. The molecule has 0 radical (unpaired) electrons. The van der Waals surface area contributed by atoms with Gasteiger partial charge in [-0.1, -0.05) is 31.9 Å². The van der Waals surface area contributed by atoms with E-state index in [9.17, 15) is 0 Å². The van der Waals surface area contributed by atoms with Crippen LogP contribution in [0.1, 0.15) is 45.4 Å². The standard InChI is InChI=1S/C15H27NO/c1-12-8-4-5-9-13(12)15(16-2)11-7-6-10-14(15)17-3/h5,9,12-14,16H,4,6-8,10-11H2,1-3H3/t12?,13-,14?,15?/m1/s1. The number of allylic oxidation sites excluding steroid dienone is 1. The number of hydrogen-bond acceptors (Lipinski definition) is 2. The topological polar surface area (TPSA) is 21.3 Å². The molecule has 0 spiro atoms. The van der Waals surface area contributed by atoms with Crippen molar-refractivity contribution in [2.45, 2.75) is 57.1 Å². The molecule has 0 aliphatic heterocycles. The van der Waals surface area contributed by atoms with Crippen LogP contribution in [0.3, 0.4) is 0 Å². The monoisotopic (exact) mass is 237 g/mol. The molecule has 17 heavy (non-hydrogen) atoms. The molecule has 98 valence electrons. The van der Waals surface area contributed by atoms with E-state index in [1.54, 1.807) is 0 Å². The highest BCUT2D eigenvalue weighted by molar-refractivity contribution is 5.12. The molecule has 0 heterocycles. The second-order valence-corrected chi connectivity index (χ2v) is 5.77. The van der Waals surface area contributed by atoms with Crippen LogP contribution >= 0.6 is 0 Å². The molecular formula is C15H27NO. The summed E-state index contributed by atoms with van der Waals surface area (Å²) in [5.41, 5.74) is 0.170. The lowest BCUT2D eigenvalue weighted by Gasteiger charge is -2.50. The summed E-state index contributed by atoms with van der Waals surface area (Å²) in [6.45, 7) is 2.40. The highest BCUT2D eigenvalue weighted by Gasteiger charge is 2.47. The van der Waals surface area contributed by atoms with E-state index in [-0.39, 0.29) is 5.54 Å². The van der Waals surface area contributed by atoms with Gasteiger partial charge in [-0.15, -0.1) is 0 Å². The zero-order valence-electron chi connectivity index (χ0n) is 11.5. The van der Waals surface area contributed by atoms with Gasteiger partial charge in [0, 0.05) is 13.0 Å². The average molecular weight is 237 g/mol. The Morgan fingerprint density at radius 2 is 2.12 bits per heavy atom. The van der Waals surface area contributed by atoms with Crippen molar-refractivity contribution in [2.24, 2.45) is 11.8 Å². The second-order valence-electron chi connectivity index (χ2n) is 5.77. The van der Waals surface area contributed by atoms with Crippen molar-refractivity contribution >= 4 is 0 Å². The highest BCUT2D eigenvalue weighted by Crippen LogP contribution is 2.42. The fourth-order valence-corrected chi connectivity index (χ4v) is 3.98. The van der Waals surface area contributed by atoms with Crippen LogP contribution < -0.4 is 5.32 Å². The number of nitrogens with one attached hydrogen (secondary N) is 1. The summed E-state index contributed by atoms with van der Waals surface area (Å²) in [4.78, 5) is 0. The Morgan fingerprint density at radius 1 is 1.29 bits per heavy atom. The first-order valence-corrected chi connectivity index (χ1v) is 7.13. The van der Waals surface area contributed by atoms with Gasteiger partial charge < -0.3 is 10.1 Å². The van der Waals surface area contributed by atoms with E-state index >= 15 is 0 Å². The zero-order valence-corrected chi connectivity index (χ0v) is 11.5. The van der Waals surface area contributed by atoms with Gasteiger partial charge in [-0.2, -0.15) is 0 Å². The summed E-state index contributed by atoms with van der Waals surface area (Å²) >= 11 is 0. The quantitative estimate of drug-likeness (QED) is 0.761. The van der Waals surface area contributed by atoms with E-state index < -0.39 is 0 Å². The minimum Gasteiger partial charge on any atom is -0.380 e. The molecule has 1 N–H and O–H groups in total. The molecule has 2 aliphatic rings. The van der Waals surface area contributed by atoms with Crippen molar-refractivity contribution in [1.29, 1.82) is 0 Å². The Morgan fingerprint density at radius 3 is 2.76 bits per heavy atom. The van der Waals surface area contributed by atoms with Crippen LogP contribution in [0.2, 0.25) is 0 Å². The van der Waals surface area contributed by atoms with E-state index in [4.69, 9.17) is 4.74 Å². The summed E-state index contributed by atoms with van der Waals surface area (Å²) in [5.74, 6) is 1.40. The van der Waals surface area contributed by atoms with Gasteiger partial charge in [0.05, 0.1) is 11.6 Å². The van der Waals surface area contributed by atoms with Crippen molar-refractivity contribution in [2.75, 3.05) is 14.2 Å². The molecule has 0 amide bonds. The molecule has 1 fully saturated rings. The largest absolute Gasteiger partial charge is 0.380 e. The van der Waals surface area contributed by atoms with Crippen LogP contribution in [0, 0.1) is 11.8 Å². The summed E-state index contributed by atoms with van der Waals surface area (Å²) in [6.07, 6.45) is 12.8. The summed E-state index contributed by atoms with van der Waals surface area (Å²) in [6, 6.07) is 0. The Labute approximate surface area is 106 Å². The third-order valence-corrected chi connectivity index (χ3v) is 4.97. The minimum atomic E-state index is 0.170. The predicted molar refractivity (Wildman–Crippen MR) is 72.1 cm³/mol. The van der Waals surface area contributed by atoms with Crippen LogP contribution in [-0.4, -0.2) is 25.8 Å². The maximum atomic E-state index is 5.80. The Bertz CT molecular complexity index is 276.